The number of fused-ring (bicyclic) bond motifs is 1. The maximum absolute atomic E-state index is 5.33. The highest BCUT2D eigenvalue weighted by Crippen LogP contribution is 2.33. The lowest BCUT2D eigenvalue weighted by molar-refractivity contribution is 0.0556. The summed E-state index contributed by atoms with van der Waals surface area (Å²) in [5.74, 6) is 0.407. The van der Waals surface area contributed by atoms with Crippen molar-refractivity contribution in [1.29, 1.82) is 0 Å². The van der Waals surface area contributed by atoms with Gasteiger partial charge < -0.3 is 9.57 Å². The van der Waals surface area contributed by atoms with E-state index in [4.69, 9.17) is 9.57 Å². The molecule has 2 unspecified atom stereocenters. The molecule has 0 amide bonds. The van der Waals surface area contributed by atoms with Gasteiger partial charge in [-0.15, -0.1) is 0 Å². The summed E-state index contributed by atoms with van der Waals surface area (Å²) in [4.78, 5) is 5.28. The first-order valence-corrected chi connectivity index (χ1v) is 4.41. The van der Waals surface area contributed by atoms with Gasteiger partial charge >= 0.3 is 0 Å². The largest absolute Gasteiger partial charge is 0.389 e. The number of ether oxygens (including phenoxy) is 1. The van der Waals surface area contributed by atoms with Crippen LogP contribution in [-0.4, -0.2) is 25.0 Å². The number of hydrogen-bond donors (Lipinski definition) is 0. The predicted octanol–water partition coefficient (Wildman–Crippen LogP) is 1.43. The number of nitrogens with zero attached hydrogens (tertiary/aromatic N) is 1. The minimum atomic E-state index is 0.118. The van der Waals surface area contributed by atoms with Crippen LogP contribution in [0.2, 0.25) is 0 Å². The van der Waals surface area contributed by atoms with Gasteiger partial charge in [0, 0.05) is 5.41 Å². The van der Waals surface area contributed by atoms with E-state index in [1.807, 2.05) is 0 Å². The molecule has 0 bridgehead atoms. The maximum Gasteiger partial charge on any atom is 0.161 e. The van der Waals surface area contributed by atoms with Crippen molar-refractivity contribution in [1.82, 2.24) is 0 Å². The Morgan fingerprint density at radius 1 is 1.33 bits per heavy atom. The van der Waals surface area contributed by atoms with Gasteiger partial charge in [0.15, 0.2) is 6.10 Å². The molecule has 1 saturated heterocycles. The van der Waals surface area contributed by atoms with Gasteiger partial charge in [-0.25, -0.2) is 0 Å². The molecule has 0 spiro atoms. The van der Waals surface area contributed by atoms with Crippen molar-refractivity contribution in [2.75, 3.05) is 13.2 Å². The van der Waals surface area contributed by atoms with E-state index in [1.54, 1.807) is 0 Å². The molecule has 0 radical (unpaired) electrons. The summed E-state index contributed by atoms with van der Waals surface area (Å²) in [6.45, 7) is 7.97. The molecule has 0 N–H and O–H groups in total. The Morgan fingerprint density at radius 2 is 2.08 bits per heavy atom. The summed E-state index contributed by atoms with van der Waals surface area (Å²) < 4.78 is 5.33. The Hall–Kier alpha value is -0.570. The second-order valence-corrected chi connectivity index (χ2v) is 4.51. The first-order valence-electron chi connectivity index (χ1n) is 4.41. The smallest absolute Gasteiger partial charge is 0.161 e. The van der Waals surface area contributed by atoms with Crippen LogP contribution >= 0.6 is 0 Å². The third kappa shape index (κ3) is 1.12. The van der Waals surface area contributed by atoms with Crippen molar-refractivity contribution in [3.05, 3.63) is 0 Å². The highest BCUT2D eigenvalue weighted by molar-refractivity contribution is 5.92. The van der Waals surface area contributed by atoms with Crippen LogP contribution in [0.25, 0.3) is 0 Å². The van der Waals surface area contributed by atoms with Crippen LogP contribution in [0.1, 0.15) is 20.8 Å². The zero-order chi connectivity index (χ0) is 8.77. The second kappa shape index (κ2) is 2.46. The molecule has 0 saturated carbocycles. The molecule has 0 aromatic rings. The van der Waals surface area contributed by atoms with Crippen LogP contribution in [0.15, 0.2) is 5.16 Å². The van der Waals surface area contributed by atoms with Gasteiger partial charge in [-0.1, -0.05) is 25.9 Å². The van der Waals surface area contributed by atoms with Crippen molar-refractivity contribution in [3.63, 3.8) is 0 Å². The minimum Gasteiger partial charge on any atom is -0.389 e. The molecule has 2 aliphatic heterocycles. The van der Waals surface area contributed by atoms with Crippen LogP contribution in [-0.2, 0) is 9.57 Å². The molecule has 2 aliphatic rings. The Balaban J connectivity index is 2.18. The van der Waals surface area contributed by atoms with E-state index in [0.717, 1.165) is 12.3 Å². The molecular weight excluding hydrogens is 154 g/mol. The normalized spacial score (nSPS) is 34.4. The van der Waals surface area contributed by atoms with Gasteiger partial charge in [-0.3, -0.25) is 0 Å². The van der Waals surface area contributed by atoms with Crippen molar-refractivity contribution in [2.24, 2.45) is 16.5 Å². The zero-order valence-corrected chi connectivity index (χ0v) is 7.83. The molecule has 0 aromatic carbocycles. The summed E-state index contributed by atoms with van der Waals surface area (Å²) in [6.07, 6.45) is 0.194. The Labute approximate surface area is 72.7 Å². The monoisotopic (exact) mass is 169 g/mol. The van der Waals surface area contributed by atoms with E-state index >= 15 is 0 Å². The predicted molar refractivity (Wildman–Crippen MR) is 46.1 cm³/mol. The number of rotatable bonds is 0. The summed E-state index contributed by atoms with van der Waals surface area (Å²) in [5.41, 5.74) is 1.28. The van der Waals surface area contributed by atoms with Gasteiger partial charge in [0.2, 0.25) is 0 Å². The molecule has 1 fully saturated rings. The van der Waals surface area contributed by atoms with Crippen LogP contribution < -0.4 is 0 Å². The van der Waals surface area contributed by atoms with Crippen molar-refractivity contribution in [3.8, 4) is 0 Å². The van der Waals surface area contributed by atoms with Gasteiger partial charge in [0.05, 0.1) is 24.8 Å². The van der Waals surface area contributed by atoms with Crippen LogP contribution in [0.5, 0.6) is 0 Å². The lowest BCUT2D eigenvalue weighted by Crippen LogP contribution is -2.30. The molecule has 3 heteroatoms. The Kier molecular flexibility index (Phi) is 1.65. The molecule has 68 valence electrons. The summed E-state index contributed by atoms with van der Waals surface area (Å²) in [5, 5.41) is 4.13. The van der Waals surface area contributed by atoms with Crippen LogP contribution in [0, 0.1) is 11.3 Å². The molecular formula is C9H15NO2. The topological polar surface area (TPSA) is 30.8 Å². The SMILES string of the molecule is CC(C)(C)C1=NOC2COCC12. The van der Waals surface area contributed by atoms with Crippen molar-refractivity contribution < 1.29 is 9.57 Å². The quantitative estimate of drug-likeness (QED) is 0.549. The van der Waals surface area contributed by atoms with Crippen molar-refractivity contribution >= 4 is 5.71 Å². The minimum absolute atomic E-state index is 0.118. The van der Waals surface area contributed by atoms with Gasteiger partial charge in [0.25, 0.3) is 0 Å². The molecule has 2 atom stereocenters. The average molecular weight is 169 g/mol. The molecule has 12 heavy (non-hydrogen) atoms. The maximum atomic E-state index is 5.33. The fourth-order valence-corrected chi connectivity index (χ4v) is 1.78. The van der Waals surface area contributed by atoms with E-state index in [1.165, 1.54) is 0 Å². The lowest BCUT2D eigenvalue weighted by atomic mass is 9.81. The lowest BCUT2D eigenvalue weighted by Gasteiger charge is -2.20. The van der Waals surface area contributed by atoms with E-state index in [-0.39, 0.29) is 11.5 Å². The molecule has 2 rings (SSSR count). The van der Waals surface area contributed by atoms with Gasteiger partial charge in [-0.05, 0) is 0 Å². The van der Waals surface area contributed by atoms with Crippen molar-refractivity contribution in [2.45, 2.75) is 26.9 Å². The van der Waals surface area contributed by atoms with Crippen LogP contribution in [0.3, 0.4) is 0 Å². The first-order chi connectivity index (χ1) is 5.59. The standard InChI is InChI=1S/C9H15NO2/c1-9(2,3)8-6-4-11-5-7(6)12-10-8/h6-7H,4-5H2,1-3H3. The van der Waals surface area contributed by atoms with Crippen LogP contribution in [0.4, 0.5) is 0 Å². The highest BCUT2D eigenvalue weighted by atomic mass is 16.7. The summed E-state index contributed by atoms with van der Waals surface area (Å²) in [7, 11) is 0. The summed E-state index contributed by atoms with van der Waals surface area (Å²) >= 11 is 0. The fraction of sp³-hybridized carbons (Fsp3) is 0.889. The first kappa shape index (κ1) is 8.05. The number of oxime groups is 1. The summed E-state index contributed by atoms with van der Waals surface area (Å²) in [6, 6.07) is 0. The highest BCUT2D eigenvalue weighted by Gasteiger charge is 2.43. The second-order valence-electron chi connectivity index (χ2n) is 4.51. The van der Waals surface area contributed by atoms with E-state index < -0.39 is 0 Å². The van der Waals surface area contributed by atoms with E-state index in [0.29, 0.717) is 12.5 Å². The third-order valence-electron chi connectivity index (χ3n) is 2.43. The molecule has 2 heterocycles. The Morgan fingerprint density at radius 3 is 2.75 bits per heavy atom. The average Bonchev–Trinajstić information content (AvgIpc) is 2.37. The van der Waals surface area contributed by atoms with E-state index in [9.17, 15) is 0 Å². The molecule has 0 aromatic heterocycles. The van der Waals surface area contributed by atoms with E-state index in [2.05, 4.69) is 25.9 Å². The number of hydrogen-bond acceptors (Lipinski definition) is 3. The molecule has 0 aliphatic carbocycles. The van der Waals surface area contributed by atoms with Gasteiger partial charge in [0.1, 0.15) is 0 Å². The zero-order valence-electron chi connectivity index (χ0n) is 7.83. The third-order valence-corrected chi connectivity index (χ3v) is 2.43. The fourth-order valence-electron chi connectivity index (χ4n) is 1.78. The Bertz CT molecular complexity index is 217. The molecule has 3 nitrogen and oxygen atoms in total. The van der Waals surface area contributed by atoms with Gasteiger partial charge in [-0.2, -0.15) is 0 Å².